The van der Waals surface area contributed by atoms with E-state index in [0.29, 0.717) is 0 Å². The van der Waals surface area contributed by atoms with Gasteiger partial charge >= 0.3 is 0 Å². The lowest BCUT2D eigenvalue weighted by atomic mass is 9.79. The maximum Gasteiger partial charge on any atom is 0.0375 e. The molecular weight excluding hydrogens is 194 g/mol. The number of fused-ring (bicyclic) bond motifs is 1. The molecule has 0 radical (unpaired) electrons. The third-order valence-corrected chi connectivity index (χ3v) is 3.52. The van der Waals surface area contributed by atoms with Crippen LogP contribution in [0.5, 0.6) is 0 Å². The normalized spacial score (nSPS) is 24.4. The summed E-state index contributed by atoms with van der Waals surface area (Å²) in [5.74, 6) is 0.951. The van der Waals surface area contributed by atoms with Crippen LogP contribution < -0.4 is 5.32 Å². The van der Waals surface area contributed by atoms with Crippen LogP contribution in [-0.2, 0) is 6.42 Å². The van der Waals surface area contributed by atoms with Crippen molar-refractivity contribution in [1.29, 1.82) is 0 Å². The van der Waals surface area contributed by atoms with Gasteiger partial charge in [0.15, 0.2) is 0 Å². The second-order valence-corrected chi connectivity index (χ2v) is 4.30. The summed E-state index contributed by atoms with van der Waals surface area (Å²) in [6.45, 7) is 0. The Balaban J connectivity index is 0.000000750. The minimum absolute atomic E-state index is 0. The molecule has 0 amide bonds. The van der Waals surface area contributed by atoms with E-state index in [0.717, 1.165) is 12.0 Å². The first kappa shape index (κ1) is 9.85. The number of benzene rings is 1. The van der Waals surface area contributed by atoms with Gasteiger partial charge in [0.25, 0.3) is 0 Å². The van der Waals surface area contributed by atoms with E-state index in [1.165, 1.54) is 36.9 Å². The number of anilines is 1. The Bertz CT molecular complexity index is 295. The lowest BCUT2D eigenvalue weighted by Crippen LogP contribution is -2.31. The number of para-hydroxylation sites is 1. The molecule has 1 aromatic rings. The molecule has 1 aromatic carbocycles. The SMILES string of the molecule is Cl.c1ccc2c(c1)CC(C1CCC1)N2. The summed E-state index contributed by atoms with van der Waals surface area (Å²) in [5, 5.41) is 3.64. The van der Waals surface area contributed by atoms with E-state index in [1.807, 2.05) is 0 Å². The van der Waals surface area contributed by atoms with Crippen molar-refractivity contribution in [3.8, 4) is 0 Å². The van der Waals surface area contributed by atoms with Crippen molar-refractivity contribution in [2.24, 2.45) is 5.92 Å². The van der Waals surface area contributed by atoms with Crippen LogP contribution in [0.15, 0.2) is 24.3 Å². The third kappa shape index (κ3) is 1.50. The lowest BCUT2D eigenvalue weighted by molar-refractivity contribution is 0.278. The van der Waals surface area contributed by atoms with E-state index in [1.54, 1.807) is 0 Å². The van der Waals surface area contributed by atoms with Crippen LogP contribution in [0, 0.1) is 5.92 Å². The smallest absolute Gasteiger partial charge is 0.0375 e. The van der Waals surface area contributed by atoms with Crippen molar-refractivity contribution >= 4 is 18.1 Å². The van der Waals surface area contributed by atoms with Gasteiger partial charge in [-0.15, -0.1) is 12.4 Å². The predicted molar refractivity (Wildman–Crippen MR) is 62.1 cm³/mol. The highest BCUT2D eigenvalue weighted by molar-refractivity contribution is 5.85. The number of nitrogens with one attached hydrogen (secondary N) is 1. The van der Waals surface area contributed by atoms with Gasteiger partial charge in [0.1, 0.15) is 0 Å². The maximum atomic E-state index is 3.64. The summed E-state index contributed by atoms with van der Waals surface area (Å²) < 4.78 is 0. The van der Waals surface area contributed by atoms with E-state index in [9.17, 15) is 0 Å². The van der Waals surface area contributed by atoms with Gasteiger partial charge < -0.3 is 5.32 Å². The average molecular weight is 210 g/mol. The number of hydrogen-bond donors (Lipinski definition) is 1. The molecule has 1 nitrogen and oxygen atoms in total. The fourth-order valence-electron chi connectivity index (χ4n) is 2.45. The molecular formula is C12H16ClN. The predicted octanol–water partition coefficient (Wildman–Crippen LogP) is 3.25. The molecule has 1 unspecified atom stereocenters. The average Bonchev–Trinajstić information content (AvgIpc) is 2.43. The molecule has 1 saturated carbocycles. The van der Waals surface area contributed by atoms with Crippen molar-refractivity contribution in [2.45, 2.75) is 31.7 Å². The first-order chi connectivity index (χ1) is 6.43. The molecule has 0 spiro atoms. The number of rotatable bonds is 1. The largest absolute Gasteiger partial charge is 0.381 e. The van der Waals surface area contributed by atoms with Crippen LogP contribution in [0.2, 0.25) is 0 Å². The second kappa shape index (κ2) is 3.82. The van der Waals surface area contributed by atoms with Crippen LogP contribution in [0.25, 0.3) is 0 Å². The van der Waals surface area contributed by atoms with Crippen LogP contribution >= 0.6 is 12.4 Å². The highest BCUT2D eigenvalue weighted by Gasteiger charge is 2.31. The van der Waals surface area contributed by atoms with Gasteiger partial charge in [-0.3, -0.25) is 0 Å². The zero-order chi connectivity index (χ0) is 8.67. The van der Waals surface area contributed by atoms with Gasteiger partial charge in [-0.1, -0.05) is 24.6 Å². The van der Waals surface area contributed by atoms with Gasteiger partial charge in [-0.25, -0.2) is 0 Å². The molecule has 1 atom stereocenters. The molecule has 2 aliphatic rings. The summed E-state index contributed by atoms with van der Waals surface area (Å²) in [7, 11) is 0. The van der Waals surface area contributed by atoms with E-state index in [-0.39, 0.29) is 12.4 Å². The second-order valence-electron chi connectivity index (χ2n) is 4.30. The van der Waals surface area contributed by atoms with Gasteiger partial charge in [0.2, 0.25) is 0 Å². The van der Waals surface area contributed by atoms with Crippen LogP contribution in [-0.4, -0.2) is 6.04 Å². The van der Waals surface area contributed by atoms with Crippen molar-refractivity contribution in [3.05, 3.63) is 29.8 Å². The summed E-state index contributed by atoms with van der Waals surface area (Å²) >= 11 is 0. The van der Waals surface area contributed by atoms with Crippen molar-refractivity contribution in [1.82, 2.24) is 0 Å². The summed E-state index contributed by atoms with van der Waals surface area (Å²) in [6, 6.07) is 9.46. The molecule has 0 aromatic heterocycles. The van der Waals surface area contributed by atoms with Gasteiger partial charge in [0, 0.05) is 11.7 Å². The topological polar surface area (TPSA) is 12.0 Å². The molecule has 14 heavy (non-hydrogen) atoms. The Morgan fingerprint density at radius 1 is 1.14 bits per heavy atom. The van der Waals surface area contributed by atoms with Crippen molar-refractivity contribution in [2.75, 3.05) is 5.32 Å². The van der Waals surface area contributed by atoms with Crippen LogP contribution in [0.4, 0.5) is 5.69 Å². The minimum Gasteiger partial charge on any atom is -0.381 e. The minimum atomic E-state index is 0. The van der Waals surface area contributed by atoms with E-state index >= 15 is 0 Å². The fourth-order valence-corrected chi connectivity index (χ4v) is 2.45. The Labute approximate surface area is 91.3 Å². The standard InChI is InChI=1S/C12H15N.ClH/c1-2-7-11-10(4-1)8-12(13-11)9-5-3-6-9;/h1-2,4,7,9,12-13H,3,5-6,8H2;1H. The molecule has 1 aliphatic heterocycles. The van der Waals surface area contributed by atoms with Crippen LogP contribution in [0.3, 0.4) is 0 Å². The maximum absolute atomic E-state index is 3.64. The molecule has 1 N–H and O–H groups in total. The molecule has 3 rings (SSSR count). The highest BCUT2D eigenvalue weighted by atomic mass is 35.5. The molecule has 2 heteroatoms. The molecule has 0 bridgehead atoms. The van der Waals surface area contributed by atoms with Gasteiger partial charge in [-0.05, 0) is 36.8 Å². The van der Waals surface area contributed by atoms with Gasteiger partial charge in [0.05, 0.1) is 0 Å². The number of halogens is 1. The zero-order valence-electron chi connectivity index (χ0n) is 8.20. The number of hydrogen-bond acceptors (Lipinski definition) is 1. The molecule has 0 saturated heterocycles. The molecule has 1 aliphatic carbocycles. The van der Waals surface area contributed by atoms with Gasteiger partial charge in [-0.2, -0.15) is 0 Å². The Morgan fingerprint density at radius 3 is 2.57 bits per heavy atom. The van der Waals surface area contributed by atoms with Crippen molar-refractivity contribution < 1.29 is 0 Å². The Morgan fingerprint density at radius 2 is 1.93 bits per heavy atom. The van der Waals surface area contributed by atoms with E-state index in [4.69, 9.17) is 0 Å². The first-order valence-electron chi connectivity index (χ1n) is 5.28. The van der Waals surface area contributed by atoms with Crippen molar-refractivity contribution in [3.63, 3.8) is 0 Å². The molecule has 1 fully saturated rings. The Kier molecular flexibility index (Phi) is 2.69. The highest BCUT2D eigenvalue weighted by Crippen LogP contribution is 2.37. The third-order valence-electron chi connectivity index (χ3n) is 3.52. The quantitative estimate of drug-likeness (QED) is 0.749. The lowest BCUT2D eigenvalue weighted by Gasteiger charge is -2.31. The van der Waals surface area contributed by atoms with Crippen LogP contribution in [0.1, 0.15) is 24.8 Å². The molecule has 76 valence electrons. The molecule has 1 heterocycles. The Hall–Kier alpha value is -0.690. The summed E-state index contributed by atoms with van der Waals surface area (Å²) in [4.78, 5) is 0. The summed E-state index contributed by atoms with van der Waals surface area (Å²) in [5.41, 5.74) is 2.89. The first-order valence-corrected chi connectivity index (χ1v) is 5.28. The van der Waals surface area contributed by atoms with E-state index in [2.05, 4.69) is 29.6 Å². The van der Waals surface area contributed by atoms with E-state index < -0.39 is 0 Å². The fraction of sp³-hybridized carbons (Fsp3) is 0.500. The zero-order valence-corrected chi connectivity index (χ0v) is 9.02. The summed E-state index contributed by atoms with van der Waals surface area (Å²) in [6.07, 6.45) is 5.57. The monoisotopic (exact) mass is 209 g/mol.